The first-order valence-electron chi connectivity index (χ1n) is 5.08. The van der Waals surface area contributed by atoms with Crippen LogP contribution in [0.3, 0.4) is 0 Å². The molecular formula is C11H11NO5. The van der Waals surface area contributed by atoms with E-state index in [1.54, 1.807) is 6.92 Å². The number of hydrogen-bond donors (Lipinski definition) is 2. The van der Waals surface area contributed by atoms with Gasteiger partial charge in [0.25, 0.3) is 0 Å². The minimum Gasteiger partial charge on any atom is -0.504 e. The Morgan fingerprint density at radius 1 is 1.47 bits per heavy atom. The highest BCUT2D eigenvalue weighted by Crippen LogP contribution is 2.34. The molecule has 2 rings (SSSR count). The van der Waals surface area contributed by atoms with E-state index < -0.39 is 5.97 Å². The van der Waals surface area contributed by atoms with Crippen LogP contribution in [0.4, 0.5) is 0 Å². The van der Waals surface area contributed by atoms with E-state index in [-0.39, 0.29) is 23.5 Å². The predicted octanol–water partition coefficient (Wildman–Crippen LogP) is 1.34. The molecule has 2 N–H and O–H groups in total. The normalized spacial score (nSPS) is 10.6. The first kappa shape index (κ1) is 11.3. The van der Waals surface area contributed by atoms with Gasteiger partial charge in [-0.15, -0.1) is 0 Å². The number of benzene rings is 1. The summed E-state index contributed by atoms with van der Waals surface area (Å²) in [7, 11) is 0. The number of fused-ring (bicyclic) bond motifs is 1. The molecule has 2 aromatic rings. The van der Waals surface area contributed by atoms with Gasteiger partial charge in [-0.2, -0.15) is 0 Å². The van der Waals surface area contributed by atoms with E-state index in [4.69, 9.17) is 9.26 Å². The van der Waals surface area contributed by atoms with E-state index in [9.17, 15) is 15.0 Å². The summed E-state index contributed by atoms with van der Waals surface area (Å²) in [5.74, 6) is -1.10. The van der Waals surface area contributed by atoms with Crippen LogP contribution in [0.5, 0.6) is 11.5 Å². The summed E-state index contributed by atoms with van der Waals surface area (Å²) < 4.78 is 9.66. The maximum absolute atomic E-state index is 11.3. The zero-order valence-electron chi connectivity index (χ0n) is 9.14. The molecule has 6 heteroatoms. The van der Waals surface area contributed by atoms with Crippen molar-refractivity contribution in [2.45, 2.75) is 13.3 Å². The predicted molar refractivity (Wildman–Crippen MR) is 57.7 cm³/mol. The summed E-state index contributed by atoms with van der Waals surface area (Å²) in [6, 6.07) is 2.83. The molecular weight excluding hydrogens is 226 g/mol. The second-order valence-corrected chi connectivity index (χ2v) is 3.42. The molecule has 0 amide bonds. The molecule has 1 aromatic heterocycles. The average molecular weight is 237 g/mol. The minimum atomic E-state index is -0.421. The molecule has 0 aliphatic carbocycles. The van der Waals surface area contributed by atoms with Gasteiger partial charge in [0.1, 0.15) is 5.69 Å². The fraction of sp³-hybridized carbons (Fsp3) is 0.273. The van der Waals surface area contributed by atoms with Gasteiger partial charge in [0.15, 0.2) is 5.75 Å². The van der Waals surface area contributed by atoms with Crippen LogP contribution < -0.4 is 0 Å². The first-order chi connectivity index (χ1) is 8.13. The van der Waals surface area contributed by atoms with E-state index in [1.165, 1.54) is 12.1 Å². The highest BCUT2D eigenvalue weighted by molar-refractivity contribution is 5.89. The van der Waals surface area contributed by atoms with Crippen LogP contribution in [0.1, 0.15) is 12.6 Å². The topological polar surface area (TPSA) is 92.8 Å². The van der Waals surface area contributed by atoms with Crippen molar-refractivity contribution in [3.8, 4) is 11.5 Å². The number of carbonyl (C=O) groups is 1. The Morgan fingerprint density at radius 2 is 2.24 bits per heavy atom. The monoisotopic (exact) mass is 237 g/mol. The summed E-state index contributed by atoms with van der Waals surface area (Å²) >= 11 is 0. The largest absolute Gasteiger partial charge is 0.504 e. The number of rotatable bonds is 3. The van der Waals surface area contributed by atoms with Crippen molar-refractivity contribution in [1.29, 1.82) is 0 Å². The zero-order valence-corrected chi connectivity index (χ0v) is 9.14. The maximum Gasteiger partial charge on any atom is 0.312 e. The van der Waals surface area contributed by atoms with Crippen molar-refractivity contribution in [3.05, 3.63) is 17.8 Å². The van der Waals surface area contributed by atoms with Crippen LogP contribution in [-0.2, 0) is 16.0 Å². The lowest BCUT2D eigenvalue weighted by atomic mass is 10.1. The average Bonchev–Trinajstić information content (AvgIpc) is 2.68. The molecule has 90 valence electrons. The Labute approximate surface area is 96.4 Å². The summed E-state index contributed by atoms with van der Waals surface area (Å²) in [4.78, 5) is 11.3. The highest BCUT2D eigenvalue weighted by Gasteiger charge is 2.17. The molecule has 0 radical (unpaired) electrons. The van der Waals surface area contributed by atoms with Crippen molar-refractivity contribution in [2.75, 3.05) is 6.61 Å². The number of aromatic hydroxyl groups is 2. The quantitative estimate of drug-likeness (QED) is 0.618. The molecule has 17 heavy (non-hydrogen) atoms. The van der Waals surface area contributed by atoms with Gasteiger partial charge >= 0.3 is 5.97 Å². The molecule has 0 atom stereocenters. The van der Waals surface area contributed by atoms with Crippen LogP contribution in [0, 0.1) is 0 Å². The van der Waals surface area contributed by atoms with Gasteiger partial charge < -0.3 is 19.5 Å². The molecule has 0 saturated carbocycles. The Morgan fingerprint density at radius 3 is 2.94 bits per heavy atom. The third-order valence-electron chi connectivity index (χ3n) is 2.29. The molecule has 6 nitrogen and oxygen atoms in total. The van der Waals surface area contributed by atoms with E-state index in [0.717, 1.165) is 0 Å². The fourth-order valence-corrected chi connectivity index (χ4v) is 1.51. The van der Waals surface area contributed by atoms with E-state index >= 15 is 0 Å². The minimum absolute atomic E-state index is 0.0367. The van der Waals surface area contributed by atoms with Crippen LogP contribution in [0.15, 0.2) is 16.7 Å². The standard InChI is InChI=1S/C11H11NO5/c1-2-16-9(14)5-7-6-3-4-8(13)10(15)11(6)17-12-7/h3-4,13,15H,2,5H2,1H3. The van der Waals surface area contributed by atoms with Crippen molar-refractivity contribution < 1.29 is 24.3 Å². The summed E-state index contributed by atoms with van der Waals surface area (Å²) in [5, 5.41) is 22.9. The van der Waals surface area contributed by atoms with Gasteiger partial charge in [-0.05, 0) is 19.1 Å². The van der Waals surface area contributed by atoms with Crippen molar-refractivity contribution in [3.63, 3.8) is 0 Å². The van der Waals surface area contributed by atoms with Gasteiger partial charge in [0.2, 0.25) is 11.3 Å². The number of esters is 1. The van der Waals surface area contributed by atoms with Crippen molar-refractivity contribution in [2.24, 2.45) is 0 Å². The lowest BCUT2D eigenvalue weighted by molar-refractivity contribution is -0.142. The van der Waals surface area contributed by atoms with Gasteiger partial charge in [-0.25, -0.2) is 0 Å². The van der Waals surface area contributed by atoms with E-state index in [0.29, 0.717) is 17.7 Å². The van der Waals surface area contributed by atoms with E-state index in [2.05, 4.69) is 5.16 Å². The first-order valence-corrected chi connectivity index (χ1v) is 5.08. The third kappa shape index (κ3) is 2.01. The lowest BCUT2D eigenvalue weighted by Gasteiger charge is -1.99. The Kier molecular flexibility index (Phi) is 2.86. The molecule has 0 saturated heterocycles. The number of aromatic nitrogens is 1. The van der Waals surface area contributed by atoms with Crippen LogP contribution >= 0.6 is 0 Å². The van der Waals surface area contributed by atoms with Gasteiger partial charge in [0.05, 0.1) is 13.0 Å². The van der Waals surface area contributed by atoms with Crippen LogP contribution in [0.25, 0.3) is 11.0 Å². The number of hydrogen-bond acceptors (Lipinski definition) is 6. The number of nitrogens with zero attached hydrogens (tertiary/aromatic N) is 1. The Bertz CT molecular complexity index is 560. The van der Waals surface area contributed by atoms with Gasteiger partial charge in [0, 0.05) is 5.39 Å². The van der Waals surface area contributed by atoms with Gasteiger partial charge in [-0.3, -0.25) is 4.79 Å². The third-order valence-corrected chi connectivity index (χ3v) is 2.29. The SMILES string of the molecule is CCOC(=O)Cc1noc2c(O)c(O)ccc12. The summed E-state index contributed by atoms with van der Waals surface area (Å²) in [5.41, 5.74) is 0.429. The van der Waals surface area contributed by atoms with Gasteiger partial charge in [-0.1, -0.05) is 5.16 Å². The molecule has 0 unspecified atom stereocenters. The Balaban J connectivity index is 2.37. The second-order valence-electron chi connectivity index (χ2n) is 3.42. The van der Waals surface area contributed by atoms with Crippen LogP contribution in [0.2, 0.25) is 0 Å². The lowest BCUT2D eigenvalue weighted by Crippen LogP contribution is -2.07. The molecule has 0 spiro atoms. The molecule has 1 aromatic carbocycles. The number of ether oxygens (including phenoxy) is 1. The number of carbonyl (C=O) groups excluding carboxylic acids is 1. The molecule has 0 aliphatic heterocycles. The second kappa shape index (κ2) is 4.32. The zero-order chi connectivity index (χ0) is 12.4. The maximum atomic E-state index is 11.3. The smallest absolute Gasteiger partial charge is 0.312 e. The number of phenols is 2. The Hall–Kier alpha value is -2.24. The summed E-state index contributed by atoms with van der Waals surface area (Å²) in [6.07, 6.45) is -0.0367. The molecule has 0 fully saturated rings. The molecule has 1 heterocycles. The van der Waals surface area contributed by atoms with Crippen molar-refractivity contribution in [1.82, 2.24) is 5.16 Å². The van der Waals surface area contributed by atoms with Crippen molar-refractivity contribution >= 4 is 16.9 Å². The number of phenolic OH excluding ortho intramolecular Hbond substituents is 2. The van der Waals surface area contributed by atoms with E-state index in [1.807, 2.05) is 0 Å². The highest BCUT2D eigenvalue weighted by atomic mass is 16.5. The fourth-order valence-electron chi connectivity index (χ4n) is 1.51. The molecule has 0 bridgehead atoms. The molecule has 0 aliphatic rings. The van der Waals surface area contributed by atoms with Crippen LogP contribution in [-0.4, -0.2) is 27.9 Å². The summed E-state index contributed by atoms with van der Waals surface area (Å²) in [6.45, 7) is 2.00.